The summed E-state index contributed by atoms with van der Waals surface area (Å²) in [5.74, 6) is -1.32. The maximum absolute atomic E-state index is 14.1. The lowest BCUT2D eigenvalue weighted by Crippen LogP contribution is -2.59. The molecular formula is C40H50FN5O5S. The summed E-state index contributed by atoms with van der Waals surface area (Å²) in [6, 6.07) is 22.0. The first-order valence-electron chi connectivity index (χ1n) is 17.8. The Hall–Kier alpha value is -4.23. The summed E-state index contributed by atoms with van der Waals surface area (Å²) in [6.07, 6.45) is 2.07. The molecule has 1 saturated carbocycles. The number of nitrogens with one attached hydrogen (secondary N) is 3. The van der Waals surface area contributed by atoms with Crippen LogP contribution in [-0.4, -0.2) is 72.4 Å². The van der Waals surface area contributed by atoms with Gasteiger partial charge in [-0.25, -0.2) is 12.8 Å². The van der Waals surface area contributed by atoms with Crippen LogP contribution in [0, 0.1) is 17.2 Å². The van der Waals surface area contributed by atoms with Crippen molar-refractivity contribution in [3.63, 3.8) is 0 Å². The SMILES string of the molecule is CC(C)CN(C[C@@H](O)[C@H](Cc1ccccc1)NC(=O)[C@@H](NC(=O)CNC1(c2cccc(F)c2)CC1)C(C)(C)C)S(=O)(=O)c1ccc2ncccc2c1. The third-order valence-electron chi connectivity index (χ3n) is 9.41. The van der Waals surface area contributed by atoms with Gasteiger partial charge in [0.15, 0.2) is 0 Å². The number of carbonyl (C=O) groups is 2. The lowest BCUT2D eigenvalue weighted by atomic mass is 9.85. The molecule has 5 rings (SSSR count). The zero-order valence-electron chi connectivity index (χ0n) is 30.5. The predicted molar refractivity (Wildman–Crippen MR) is 200 cm³/mol. The summed E-state index contributed by atoms with van der Waals surface area (Å²) < 4.78 is 43.4. The standard InChI is InChI=1S/C40H50FN5O5S/c1-27(2)25-46(52(50,51)32-16-17-33-29(22-32)13-10-20-42-33)26-35(47)34(21-28-11-7-6-8-12-28)44-38(49)37(39(3,4)5)45-36(48)24-43-40(18-19-40)30-14-9-15-31(41)23-30/h6-17,20,22-23,27,34-35,37,43,47H,18-19,21,24-26H2,1-5H3,(H,44,49)(H,45,48)/t34-,35+,37+/m0/s1. The van der Waals surface area contributed by atoms with Crippen molar-refractivity contribution in [3.05, 3.63) is 108 Å². The molecule has 0 saturated heterocycles. The Bertz CT molecular complexity index is 1960. The van der Waals surface area contributed by atoms with Crippen molar-refractivity contribution in [2.45, 2.75) is 82.5 Å². The van der Waals surface area contributed by atoms with E-state index in [1.165, 1.54) is 22.5 Å². The first-order valence-corrected chi connectivity index (χ1v) is 19.2. The molecule has 0 spiro atoms. The number of aromatic nitrogens is 1. The summed E-state index contributed by atoms with van der Waals surface area (Å²) in [6.45, 7) is 9.08. The minimum Gasteiger partial charge on any atom is -0.390 e. The van der Waals surface area contributed by atoms with E-state index in [1.54, 1.807) is 36.5 Å². The van der Waals surface area contributed by atoms with Crippen LogP contribution in [0.15, 0.2) is 96.0 Å². The lowest BCUT2D eigenvalue weighted by Gasteiger charge is -2.34. The van der Waals surface area contributed by atoms with Crippen LogP contribution in [0.3, 0.4) is 0 Å². The van der Waals surface area contributed by atoms with E-state index in [9.17, 15) is 27.5 Å². The lowest BCUT2D eigenvalue weighted by molar-refractivity contribution is -0.132. The summed E-state index contributed by atoms with van der Waals surface area (Å²) in [5, 5.41) is 21.6. The molecule has 1 aliphatic rings. The number of sulfonamides is 1. The van der Waals surface area contributed by atoms with Gasteiger partial charge in [0, 0.05) is 30.2 Å². The van der Waals surface area contributed by atoms with E-state index in [-0.39, 0.29) is 42.7 Å². The van der Waals surface area contributed by atoms with Gasteiger partial charge < -0.3 is 15.7 Å². The van der Waals surface area contributed by atoms with E-state index in [4.69, 9.17) is 0 Å². The molecule has 52 heavy (non-hydrogen) atoms. The number of aliphatic hydroxyl groups is 1. The Balaban J connectivity index is 1.34. The number of amides is 2. The Kier molecular flexibility index (Phi) is 12.1. The largest absolute Gasteiger partial charge is 0.390 e. The molecule has 1 aromatic heterocycles. The van der Waals surface area contributed by atoms with Gasteiger partial charge >= 0.3 is 0 Å². The normalized spacial score (nSPS) is 16.0. The summed E-state index contributed by atoms with van der Waals surface area (Å²) in [4.78, 5) is 31.8. The Morgan fingerprint density at radius 2 is 1.67 bits per heavy atom. The molecule has 1 fully saturated rings. The molecule has 0 radical (unpaired) electrons. The molecule has 4 N–H and O–H groups in total. The van der Waals surface area contributed by atoms with E-state index < -0.39 is 51.0 Å². The molecule has 2 amide bonds. The van der Waals surface area contributed by atoms with Gasteiger partial charge in [-0.05, 0) is 78.1 Å². The van der Waals surface area contributed by atoms with Crippen molar-refractivity contribution in [2.75, 3.05) is 19.6 Å². The predicted octanol–water partition coefficient (Wildman–Crippen LogP) is 4.92. The van der Waals surface area contributed by atoms with Crippen molar-refractivity contribution in [1.82, 2.24) is 25.2 Å². The number of hydrogen-bond acceptors (Lipinski definition) is 7. The van der Waals surface area contributed by atoms with Gasteiger partial charge in [-0.3, -0.25) is 19.9 Å². The maximum Gasteiger partial charge on any atom is 0.243 e. The van der Waals surface area contributed by atoms with Gasteiger partial charge in [0.1, 0.15) is 11.9 Å². The zero-order valence-corrected chi connectivity index (χ0v) is 31.3. The van der Waals surface area contributed by atoms with Crippen LogP contribution in [0.5, 0.6) is 0 Å². The van der Waals surface area contributed by atoms with Gasteiger partial charge in [-0.15, -0.1) is 0 Å². The van der Waals surface area contributed by atoms with Crippen LogP contribution < -0.4 is 16.0 Å². The number of nitrogens with zero attached hydrogens (tertiary/aromatic N) is 2. The number of carbonyl (C=O) groups excluding carboxylic acids is 2. The average molecular weight is 732 g/mol. The fourth-order valence-electron chi connectivity index (χ4n) is 6.41. The average Bonchev–Trinajstić information content (AvgIpc) is 3.90. The number of fused-ring (bicyclic) bond motifs is 1. The van der Waals surface area contributed by atoms with Crippen LogP contribution in [-0.2, 0) is 31.6 Å². The second-order valence-corrected chi connectivity index (χ2v) is 17.2. The van der Waals surface area contributed by atoms with Crippen LogP contribution >= 0.6 is 0 Å². The van der Waals surface area contributed by atoms with Gasteiger partial charge in [-0.1, -0.05) is 83.1 Å². The first-order chi connectivity index (χ1) is 24.6. The Labute approximate surface area is 306 Å². The van der Waals surface area contributed by atoms with Gasteiger partial charge in [0.25, 0.3) is 0 Å². The maximum atomic E-state index is 14.1. The molecule has 0 unspecified atom stereocenters. The zero-order chi connectivity index (χ0) is 37.7. The molecule has 4 aromatic rings. The molecule has 1 aliphatic carbocycles. The fraction of sp³-hybridized carbons (Fsp3) is 0.425. The molecular weight excluding hydrogens is 682 g/mol. The van der Waals surface area contributed by atoms with Crippen molar-refractivity contribution >= 4 is 32.7 Å². The van der Waals surface area contributed by atoms with E-state index >= 15 is 0 Å². The topological polar surface area (TPSA) is 141 Å². The molecule has 278 valence electrons. The highest BCUT2D eigenvalue weighted by Crippen LogP contribution is 2.45. The number of hydrogen-bond donors (Lipinski definition) is 4. The highest BCUT2D eigenvalue weighted by atomic mass is 32.2. The van der Waals surface area contributed by atoms with Crippen molar-refractivity contribution in [2.24, 2.45) is 11.3 Å². The quantitative estimate of drug-likeness (QED) is 0.128. The molecule has 3 atom stereocenters. The smallest absolute Gasteiger partial charge is 0.243 e. The van der Waals surface area contributed by atoms with E-state index in [0.717, 1.165) is 24.0 Å². The monoisotopic (exact) mass is 731 g/mol. The molecule has 12 heteroatoms. The number of rotatable bonds is 16. The van der Waals surface area contributed by atoms with E-state index in [0.29, 0.717) is 10.9 Å². The number of pyridine rings is 1. The van der Waals surface area contributed by atoms with E-state index in [1.807, 2.05) is 71.0 Å². The van der Waals surface area contributed by atoms with Crippen LogP contribution in [0.2, 0.25) is 0 Å². The highest BCUT2D eigenvalue weighted by Gasteiger charge is 2.45. The molecule has 3 aromatic carbocycles. The van der Waals surface area contributed by atoms with Crippen molar-refractivity contribution in [1.29, 1.82) is 0 Å². The third-order valence-corrected chi connectivity index (χ3v) is 11.2. The molecule has 1 heterocycles. The first kappa shape index (κ1) is 39.0. The Morgan fingerprint density at radius 3 is 2.33 bits per heavy atom. The van der Waals surface area contributed by atoms with Crippen LogP contribution in [0.1, 0.15) is 58.6 Å². The fourth-order valence-corrected chi connectivity index (χ4v) is 8.07. The van der Waals surface area contributed by atoms with Crippen molar-refractivity contribution < 1.29 is 27.5 Å². The number of halogens is 1. The van der Waals surface area contributed by atoms with Gasteiger partial charge in [0.05, 0.1) is 29.1 Å². The Morgan fingerprint density at radius 1 is 0.942 bits per heavy atom. The minimum atomic E-state index is -4.06. The second kappa shape index (κ2) is 16.2. The minimum absolute atomic E-state index is 0.0592. The third kappa shape index (κ3) is 9.80. The molecule has 0 bridgehead atoms. The molecule has 10 nitrogen and oxygen atoms in total. The summed E-state index contributed by atoms with van der Waals surface area (Å²) in [5.41, 5.74) is 1.06. The number of aliphatic hydroxyl groups excluding tert-OH is 1. The van der Waals surface area contributed by atoms with Gasteiger partial charge in [-0.2, -0.15) is 4.31 Å². The second-order valence-electron chi connectivity index (χ2n) is 15.3. The summed E-state index contributed by atoms with van der Waals surface area (Å²) >= 11 is 0. The number of benzene rings is 3. The van der Waals surface area contributed by atoms with Crippen LogP contribution in [0.4, 0.5) is 4.39 Å². The highest BCUT2D eigenvalue weighted by molar-refractivity contribution is 7.89. The van der Waals surface area contributed by atoms with E-state index in [2.05, 4.69) is 20.9 Å². The molecule has 0 aliphatic heterocycles. The van der Waals surface area contributed by atoms with Crippen molar-refractivity contribution in [3.8, 4) is 0 Å². The summed E-state index contributed by atoms with van der Waals surface area (Å²) in [7, 11) is -4.06. The van der Waals surface area contributed by atoms with Gasteiger partial charge in [0.2, 0.25) is 21.8 Å². The van der Waals surface area contributed by atoms with Crippen LogP contribution in [0.25, 0.3) is 10.9 Å².